The van der Waals surface area contributed by atoms with E-state index >= 15 is 0 Å². The van der Waals surface area contributed by atoms with E-state index in [1.54, 1.807) is 7.11 Å². The number of benzene rings is 4. The molecular formula is C32H30Cl2N2O2. The molecule has 1 unspecified atom stereocenters. The summed E-state index contributed by atoms with van der Waals surface area (Å²) in [6.45, 7) is 3.93. The molecule has 1 heterocycles. The van der Waals surface area contributed by atoms with Crippen molar-refractivity contribution in [2.75, 3.05) is 31.6 Å². The summed E-state index contributed by atoms with van der Waals surface area (Å²) in [5, 5.41) is 1.41. The van der Waals surface area contributed by atoms with Crippen molar-refractivity contribution in [3.63, 3.8) is 0 Å². The Balaban J connectivity index is 1.33. The minimum absolute atomic E-state index is 0.0272. The minimum Gasteiger partial charge on any atom is -0.497 e. The van der Waals surface area contributed by atoms with E-state index in [9.17, 15) is 4.79 Å². The lowest BCUT2D eigenvalue weighted by Crippen LogP contribution is -2.51. The lowest BCUT2D eigenvalue weighted by Gasteiger charge is -2.43. The van der Waals surface area contributed by atoms with Crippen LogP contribution in [0.15, 0.2) is 91.0 Å². The first kappa shape index (κ1) is 26.1. The molecule has 0 radical (unpaired) electrons. The SMILES string of the molecule is COc1cccc(-c2ccc(CC(=O)N3CCN(c4ccc(C)cc4Cl)C(c4ccc(Cl)cc4)C3)cc2)c1. The molecule has 1 aliphatic rings. The zero-order valence-corrected chi connectivity index (χ0v) is 23.0. The monoisotopic (exact) mass is 544 g/mol. The highest BCUT2D eigenvalue weighted by atomic mass is 35.5. The number of hydrogen-bond donors (Lipinski definition) is 0. The minimum atomic E-state index is -0.0272. The largest absolute Gasteiger partial charge is 0.497 e. The molecule has 194 valence electrons. The topological polar surface area (TPSA) is 32.8 Å². The Bertz CT molecular complexity index is 1420. The molecule has 0 spiro atoms. The van der Waals surface area contributed by atoms with Crippen LogP contribution in [0.3, 0.4) is 0 Å². The normalized spacial score (nSPS) is 15.4. The molecule has 0 saturated carbocycles. The van der Waals surface area contributed by atoms with Crippen LogP contribution in [-0.4, -0.2) is 37.6 Å². The maximum atomic E-state index is 13.4. The molecule has 6 heteroatoms. The predicted molar refractivity (Wildman–Crippen MR) is 156 cm³/mol. The van der Waals surface area contributed by atoms with Crippen molar-refractivity contribution in [1.82, 2.24) is 4.90 Å². The van der Waals surface area contributed by atoms with E-state index in [4.69, 9.17) is 27.9 Å². The number of amides is 1. The summed E-state index contributed by atoms with van der Waals surface area (Å²) in [5.41, 5.74) is 6.37. The van der Waals surface area contributed by atoms with E-state index in [1.165, 1.54) is 0 Å². The van der Waals surface area contributed by atoms with Crippen LogP contribution in [-0.2, 0) is 11.2 Å². The molecule has 1 atom stereocenters. The van der Waals surface area contributed by atoms with Gasteiger partial charge in [-0.3, -0.25) is 4.79 Å². The van der Waals surface area contributed by atoms with Crippen LogP contribution in [0.25, 0.3) is 11.1 Å². The Morgan fingerprint density at radius 3 is 2.37 bits per heavy atom. The van der Waals surface area contributed by atoms with Gasteiger partial charge in [-0.15, -0.1) is 0 Å². The van der Waals surface area contributed by atoms with Crippen LogP contribution in [0.5, 0.6) is 5.75 Å². The highest BCUT2D eigenvalue weighted by molar-refractivity contribution is 6.33. The molecule has 1 aliphatic heterocycles. The third-order valence-corrected chi connectivity index (χ3v) is 7.67. The van der Waals surface area contributed by atoms with Crippen molar-refractivity contribution in [2.24, 2.45) is 0 Å². The molecule has 0 bridgehead atoms. The van der Waals surface area contributed by atoms with Gasteiger partial charge in [0.1, 0.15) is 5.75 Å². The first-order valence-corrected chi connectivity index (χ1v) is 13.5. The summed E-state index contributed by atoms with van der Waals surface area (Å²) in [5.74, 6) is 0.941. The number of piperazine rings is 1. The van der Waals surface area contributed by atoms with Crippen molar-refractivity contribution >= 4 is 34.8 Å². The molecule has 5 rings (SSSR count). The van der Waals surface area contributed by atoms with Crippen LogP contribution in [0.1, 0.15) is 22.7 Å². The van der Waals surface area contributed by atoms with E-state index in [0.717, 1.165) is 44.3 Å². The summed E-state index contributed by atoms with van der Waals surface area (Å²) >= 11 is 12.8. The second-order valence-corrected chi connectivity index (χ2v) is 10.5. The number of ether oxygens (including phenoxy) is 1. The van der Waals surface area contributed by atoms with Gasteiger partial charge in [0.15, 0.2) is 0 Å². The van der Waals surface area contributed by atoms with E-state index < -0.39 is 0 Å². The molecule has 4 aromatic rings. The molecule has 38 heavy (non-hydrogen) atoms. The lowest BCUT2D eigenvalue weighted by molar-refractivity contribution is -0.131. The van der Waals surface area contributed by atoms with Crippen molar-refractivity contribution in [3.05, 3.63) is 118 Å². The highest BCUT2D eigenvalue weighted by Crippen LogP contribution is 2.36. The molecule has 1 fully saturated rings. The summed E-state index contributed by atoms with van der Waals surface area (Å²) in [6.07, 6.45) is 0.358. The number of aryl methyl sites for hydroxylation is 1. The Kier molecular flexibility index (Phi) is 7.92. The van der Waals surface area contributed by atoms with Gasteiger partial charge in [-0.25, -0.2) is 0 Å². The zero-order chi connectivity index (χ0) is 26.6. The van der Waals surface area contributed by atoms with Crippen LogP contribution in [0, 0.1) is 6.92 Å². The van der Waals surface area contributed by atoms with Gasteiger partial charge < -0.3 is 14.5 Å². The van der Waals surface area contributed by atoms with Gasteiger partial charge in [-0.1, -0.05) is 77.8 Å². The number of halogens is 2. The Morgan fingerprint density at radius 1 is 0.895 bits per heavy atom. The fraction of sp³-hybridized carbons (Fsp3) is 0.219. The van der Waals surface area contributed by atoms with Crippen molar-refractivity contribution in [2.45, 2.75) is 19.4 Å². The van der Waals surface area contributed by atoms with Crippen LogP contribution in [0.4, 0.5) is 5.69 Å². The number of carbonyl (C=O) groups is 1. The smallest absolute Gasteiger partial charge is 0.227 e. The first-order chi connectivity index (χ1) is 18.4. The fourth-order valence-electron chi connectivity index (χ4n) is 5.02. The van der Waals surface area contributed by atoms with Crippen molar-refractivity contribution in [1.29, 1.82) is 0 Å². The van der Waals surface area contributed by atoms with Crippen molar-refractivity contribution < 1.29 is 9.53 Å². The van der Waals surface area contributed by atoms with Crippen LogP contribution in [0.2, 0.25) is 10.0 Å². The Hall–Kier alpha value is -3.47. The quantitative estimate of drug-likeness (QED) is 0.250. The number of rotatable bonds is 6. The summed E-state index contributed by atoms with van der Waals surface area (Å²) in [4.78, 5) is 17.7. The van der Waals surface area contributed by atoms with Gasteiger partial charge in [-0.05, 0) is 71.1 Å². The molecule has 0 aromatic heterocycles. The molecule has 4 nitrogen and oxygen atoms in total. The average Bonchev–Trinajstić information content (AvgIpc) is 2.94. The number of carbonyl (C=O) groups excluding carboxylic acids is 1. The maximum absolute atomic E-state index is 13.4. The number of nitrogens with zero attached hydrogens (tertiary/aromatic N) is 2. The molecule has 4 aromatic carbocycles. The number of hydrogen-bond acceptors (Lipinski definition) is 3. The zero-order valence-electron chi connectivity index (χ0n) is 21.5. The van der Waals surface area contributed by atoms with Crippen LogP contribution >= 0.6 is 23.2 Å². The average molecular weight is 546 g/mol. The third kappa shape index (κ3) is 5.82. The van der Waals surface area contributed by atoms with Gasteiger partial charge in [0.2, 0.25) is 5.91 Å². The van der Waals surface area contributed by atoms with E-state index in [2.05, 4.69) is 35.2 Å². The number of anilines is 1. The lowest BCUT2D eigenvalue weighted by atomic mass is 9.99. The second kappa shape index (κ2) is 11.5. The highest BCUT2D eigenvalue weighted by Gasteiger charge is 2.31. The number of methoxy groups -OCH3 is 1. The first-order valence-electron chi connectivity index (χ1n) is 12.7. The van der Waals surface area contributed by atoms with Gasteiger partial charge in [0.25, 0.3) is 0 Å². The van der Waals surface area contributed by atoms with Gasteiger partial charge >= 0.3 is 0 Å². The standard InChI is InChI=1S/C32H30Cl2N2O2/c1-22-6-15-30(29(34)18-22)36-17-16-35(21-31(36)25-11-13-27(33)14-12-25)32(37)19-23-7-9-24(10-8-23)26-4-3-5-28(20-26)38-2/h3-15,18,20,31H,16-17,19,21H2,1-2H3. The van der Waals surface area contributed by atoms with Gasteiger partial charge in [0, 0.05) is 24.7 Å². The fourth-order valence-corrected chi connectivity index (χ4v) is 5.49. The van der Waals surface area contributed by atoms with E-state index in [-0.39, 0.29) is 11.9 Å². The molecular weight excluding hydrogens is 515 g/mol. The summed E-state index contributed by atoms with van der Waals surface area (Å²) in [7, 11) is 1.67. The van der Waals surface area contributed by atoms with Crippen molar-refractivity contribution in [3.8, 4) is 16.9 Å². The van der Waals surface area contributed by atoms with E-state index in [0.29, 0.717) is 31.1 Å². The Morgan fingerprint density at radius 2 is 1.66 bits per heavy atom. The maximum Gasteiger partial charge on any atom is 0.227 e. The molecule has 0 aliphatic carbocycles. The predicted octanol–water partition coefficient (Wildman–Crippen LogP) is 7.61. The van der Waals surface area contributed by atoms with Crippen LogP contribution < -0.4 is 9.64 Å². The summed E-state index contributed by atoms with van der Waals surface area (Å²) < 4.78 is 5.35. The van der Waals surface area contributed by atoms with Gasteiger partial charge in [-0.2, -0.15) is 0 Å². The Labute approximate surface area is 234 Å². The summed E-state index contributed by atoms with van der Waals surface area (Å²) in [6, 6.07) is 30.1. The third-order valence-electron chi connectivity index (χ3n) is 7.11. The molecule has 0 N–H and O–H groups in total. The second-order valence-electron chi connectivity index (χ2n) is 9.66. The molecule has 1 amide bonds. The van der Waals surface area contributed by atoms with Gasteiger partial charge in [0.05, 0.1) is 30.3 Å². The molecule has 1 saturated heterocycles. The van der Waals surface area contributed by atoms with E-state index in [1.807, 2.05) is 72.5 Å².